The molecule has 2 N–H and O–H groups in total. The van der Waals surface area contributed by atoms with E-state index in [1.807, 2.05) is 30.0 Å². The third-order valence-electron chi connectivity index (χ3n) is 1.94. The zero-order valence-corrected chi connectivity index (χ0v) is 7.47. The van der Waals surface area contributed by atoms with E-state index in [4.69, 9.17) is 0 Å². The Balaban J connectivity index is 2.26. The molecule has 2 rings (SSSR count). The Morgan fingerprint density at radius 2 is 2.25 bits per heavy atom. The van der Waals surface area contributed by atoms with Crippen molar-refractivity contribution in [2.24, 2.45) is 0 Å². The minimum atomic E-state index is 0.284. The van der Waals surface area contributed by atoms with Crippen molar-refractivity contribution in [2.45, 2.75) is 5.37 Å². The van der Waals surface area contributed by atoms with Gasteiger partial charge in [0, 0.05) is 17.9 Å². The Labute approximate surface area is 76.0 Å². The topological polar surface area (TPSA) is 32.3 Å². The molecule has 2 nitrogen and oxygen atoms in total. The monoisotopic (exact) mass is 181 g/mol. The van der Waals surface area contributed by atoms with Crippen LogP contribution in [0.3, 0.4) is 0 Å². The molecule has 1 aromatic rings. The second-order valence-corrected chi connectivity index (χ2v) is 3.98. The summed E-state index contributed by atoms with van der Waals surface area (Å²) in [6.45, 7) is 1.03. The summed E-state index contributed by atoms with van der Waals surface area (Å²) in [5, 5.41) is 13.1. The zero-order chi connectivity index (χ0) is 8.39. The van der Waals surface area contributed by atoms with Gasteiger partial charge in [-0.05, 0) is 6.07 Å². The van der Waals surface area contributed by atoms with Crippen LogP contribution in [0.15, 0.2) is 24.3 Å². The molecule has 0 bridgehead atoms. The smallest absolute Gasteiger partial charge is 0.121 e. The lowest BCUT2D eigenvalue weighted by molar-refractivity contribution is 0.465. The number of aromatic hydroxyl groups is 1. The van der Waals surface area contributed by atoms with Crippen LogP contribution in [0.25, 0.3) is 0 Å². The Morgan fingerprint density at radius 1 is 1.42 bits per heavy atom. The fourth-order valence-corrected chi connectivity index (χ4v) is 2.42. The van der Waals surface area contributed by atoms with Crippen molar-refractivity contribution in [1.29, 1.82) is 0 Å². The first-order chi connectivity index (χ1) is 5.88. The summed E-state index contributed by atoms with van der Waals surface area (Å²) in [6, 6.07) is 7.50. The summed E-state index contributed by atoms with van der Waals surface area (Å²) in [7, 11) is 0. The van der Waals surface area contributed by atoms with Gasteiger partial charge in [-0.2, -0.15) is 0 Å². The molecule has 1 atom stereocenters. The zero-order valence-electron chi connectivity index (χ0n) is 6.66. The molecule has 1 fully saturated rings. The minimum absolute atomic E-state index is 0.284. The van der Waals surface area contributed by atoms with Crippen LogP contribution < -0.4 is 5.32 Å². The molecule has 0 aromatic heterocycles. The molecule has 1 saturated heterocycles. The molecule has 0 spiro atoms. The quantitative estimate of drug-likeness (QED) is 0.692. The summed E-state index contributed by atoms with van der Waals surface area (Å²) in [5.74, 6) is 1.52. The van der Waals surface area contributed by atoms with Gasteiger partial charge in [0.05, 0.1) is 5.37 Å². The van der Waals surface area contributed by atoms with Crippen LogP contribution in [-0.4, -0.2) is 17.4 Å². The SMILES string of the molecule is Oc1ccccc1C1NCCS1. The van der Waals surface area contributed by atoms with Gasteiger partial charge in [0.15, 0.2) is 0 Å². The predicted octanol–water partition coefficient (Wildman–Crippen LogP) is 1.73. The van der Waals surface area contributed by atoms with Gasteiger partial charge in [0.25, 0.3) is 0 Å². The number of benzene rings is 1. The number of para-hydroxylation sites is 1. The first kappa shape index (κ1) is 7.95. The molecule has 0 radical (unpaired) electrons. The Morgan fingerprint density at radius 3 is 2.92 bits per heavy atom. The van der Waals surface area contributed by atoms with E-state index in [2.05, 4.69) is 5.32 Å². The Kier molecular flexibility index (Phi) is 2.23. The first-order valence-electron chi connectivity index (χ1n) is 4.01. The largest absolute Gasteiger partial charge is 0.508 e. The molecular weight excluding hydrogens is 170 g/mol. The molecule has 1 aliphatic heterocycles. The molecule has 0 aliphatic carbocycles. The summed E-state index contributed by atoms with van der Waals surface area (Å²) < 4.78 is 0. The fourth-order valence-electron chi connectivity index (χ4n) is 1.33. The maximum atomic E-state index is 9.52. The number of nitrogens with one attached hydrogen (secondary N) is 1. The van der Waals surface area contributed by atoms with E-state index >= 15 is 0 Å². The number of hydrogen-bond acceptors (Lipinski definition) is 3. The number of hydrogen-bond donors (Lipinski definition) is 2. The van der Waals surface area contributed by atoms with E-state index in [9.17, 15) is 5.11 Å². The van der Waals surface area contributed by atoms with Crippen LogP contribution in [0.4, 0.5) is 0 Å². The minimum Gasteiger partial charge on any atom is -0.508 e. The van der Waals surface area contributed by atoms with Crippen LogP contribution in [0, 0.1) is 0 Å². The van der Waals surface area contributed by atoms with Crippen LogP contribution in [0.1, 0.15) is 10.9 Å². The van der Waals surface area contributed by atoms with Crippen molar-refractivity contribution >= 4 is 11.8 Å². The van der Waals surface area contributed by atoms with Gasteiger partial charge >= 0.3 is 0 Å². The Bertz CT molecular complexity index is 271. The van der Waals surface area contributed by atoms with Crippen LogP contribution in [-0.2, 0) is 0 Å². The standard InChI is InChI=1S/C9H11NOS/c11-8-4-2-1-3-7(8)9-10-5-6-12-9/h1-4,9-11H,5-6H2. The van der Waals surface area contributed by atoms with E-state index in [-0.39, 0.29) is 5.37 Å². The molecule has 1 aliphatic rings. The number of phenolic OH excluding ortho intramolecular Hbond substituents is 1. The Hall–Kier alpha value is -0.670. The molecule has 64 valence electrons. The number of thioether (sulfide) groups is 1. The third-order valence-corrected chi connectivity index (χ3v) is 3.13. The van der Waals surface area contributed by atoms with Crippen molar-refractivity contribution in [3.05, 3.63) is 29.8 Å². The van der Waals surface area contributed by atoms with Crippen molar-refractivity contribution < 1.29 is 5.11 Å². The van der Waals surface area contributed by atoms with Gasteiger partial charge in [-0.15, -0.1) is 11.8 Å². The van der Waals surface area contributed by atoms with E-state index in [1.54, 1.807) is 6.07 Å². The normalized spacial score (nSPS) is 22.8. The molecule has 1 heterocycles. The van der Waals surface area contributed by atoms with Gasteiger partial charge in [-0.1, -0.05) is 18.2 Å². The highest BCUT2D eigenvalue weighted by atomic mass is 32.2. The van der Waals surface area contributed by atoms with Gasteiger partial charge in [0.2, 0.25) is 0 Å². The second kappa shape index (κ2) is 3.37. The van der Waals surface area contributed by atoms with Gasteiger partial charge < -0.3 is 10.4 Å². The summed E-state index contributed by atoms with van der Waals surface area (Å²) in [6.07, 6.45) is 0. The van der Waals surface area contributed by atoms with E-state index in [0.717, 1.165) is 17.9 Å². The van der Waals surface area contributed by atoms with Crippen molar-refractivity contribution in [3.63, 3.8) is 0 Å². The highest BCUT2D eigenvalue weighted by Crippen LogP contribution is 2.34. The maximum Gasteiger partial charge on any atom is 0.121 e. The van der Waals surface area contributed by atoms with Crippen molar-refractivity contribution in [1.82, 2.24) is 5.32 Å². The van der Waals surface area contributed by atoms with Gasteiger partial charge in [-0.25, -0.2) is 0 Å². The van der Waals surface area contributed by atoms with E-state index in [1.165, 1.54) is 0 Å². The highest BCUT2D eigenvalue weighted by molar-refractivity contribution is 7.99. The molecule has 1 aromatic carbocycles. The highest BCUT2D eigenvalue weighted by Gasteiger charge is 2.18. The molecule has 3 heteroatoms. The number of phenols is 1. The van der Waals surface area contributed by atoms with Gasteiger partial charge in [0.1, 0.15) is 5.75 Å². The molecule has 1 unspecified atom stereocenters. The van der Waals surface area contributed by atoms with Crippen molar-refractivity contribution in [2.75, 3.05) is 12.3 Å². The fraction of sp³-hybridized carbons (Fsp3) is 0.333. The van der Waals surface area contributed by atoms with Crippen molar-refractivity contribution in [3.8, 4) is 5.75 Å². The summed E-state index contributed by atoms with van der Waals surface area (Å²) in [4.78, 5) is 0. The predicted molar refractivity (Wildman–Crippen MR) is 51.3 cm³/mol. The van der Waals surface area contributed by atoms with Crippen LogP contribution in [0.2, 0.25) is 0 Å². The summed E-state index contributed by atoms with van der Waals surface area (Å²) >= 11 is 1.84. The van der Waals surface area contributed by atoms with Crippen LogP contribution >= 0.6 is 11.8 Å². The number of rotatable bonds is 1. The third kappa shape index (κ3) is 1.42. The molecule has 12 heavy (non-hydrogen) atoms. The maximum absolute atomic E-state index is 9.52. The molecule has 0 amide bonds. The molecule has 0 saturated carbocycles. The summed E-state index contributed by atoms with van der Waals surface area (Å²) in [5.41, 5.74) is 1.00. The lowest BCUT2D eigenvalue weighted by Crippen LogP contribution is -2.11. The average Bonchev–Trinajstić information content (AvgIpc) is 2.57. The second-order valence-electron chi connectivity index (χ2n) is 2.76. The average molecular weight is 181 g/mol. The molecular formula is C9H11NOS. The van der Waals surface area contributed by atoms with Gasteiger partial charge in [-0.3, -0.25) is 0 Å². The van der Waals surface area contributed by atoms with E-state index < -0.39 is 0 Å². The van der Waals surface area contributed by atoms with Crippen LogP contribution in [0.5, 0.6) is 5.75 Å². The lowest BCUT2D eigenvalue weighted by atomic mass is 10.2. The first-order valence-corrected chi connectivity index (χ1v) is 5.05. The lowest BCUT2D eigenvalue weighted by Gasteiger charge is -2.10. The van der Waals surface area contributed by atoms with E-state index in [0.29, 0.717) is 5.75 Å².